The zero-order valence-electron chi connectivity index (χ0n) is 11.3. The average molecular weight is 254 g/mol. The molecule has 1 aromatic heterocycles. The van der Waals surface area contributed by atoms with E-state index in [1.165, 1.54) is 4.68 Å². The van der Waals surface area contributed by atoms with Gasteiger partial charge >= 0.3 is 0 Å². The van der Waals surface area contributed by atoms with Crippen molar-refractivity contribution in [3.05, 3.63) is 11.9 Å². The van der Waals surface area contributed by atoms with E-state index in [4.69, 9.17) is 5.73 Å². The van der Waals surface area contributed by atoms with Crippen molar-refractivity contribution in [3.8, 4) is 0 Å². The van der Waals surface area contributed by atoms with Crippen molar-refractivity contribution in [2.45, 2.75) is 33.0 Å². The molecule has 0 aromatic carbocycles. The van der Waals surface area contributed by atoms with Crippen molar-refractivity contribution in [1.29, 1.82) is 0 Å². The minimum atomic E-state index is -0.0689. The monoisotopic (exact) mass is 254 g/mol. The lowest BCUT2D eigenvalue weighted by Crippen LogP contribution is -2.37. The van der Waals surface area contributed by atoms with Gasteiger partial charge in [-0.1, -0.05) is 5.21 Å². The van der Waals surface area contributed by atoms with Gasteiger partial charge in [-0.3, -0.25) is 4.79 Å². The normalized spacial score (nSPS) is 11.2. The number of hydrogen-bond donors (Lipinski definition) is 2. The van der Waals surface area contributed by atoms with Gasteiger partial charge in [0, 0.05) is 25.7 Å². The Hall–Kier alpha value is -1.47. The van der Waals surface area contributed by atoms with Crippen LogP contribution in [0.2, 0.25) is 0 Å². The van der Waals surface area contributed by atoms with E-state index >= 15 is 0 Å². The molecule has 1 heterocycles. The van der Waals surface area contributed by atoms with Crippen LogP contribution in [0.1, 0.15) is 19.5 Å². The van der Waals surface area contributed by atoms with Gasteiger partial charge in [0.2, 0.25) is 5.91 Å². The van der Waals surface area contributed by atoms with Gasteiger partial charge in [0.1, 0.15) is 6.54 Å². The maximum absolute atomic E-state index is 11.6. The Labute approximate surface area is 107 Å². The molecule has 0 atom stereocenters. The predicted octanol–water partition coefficient (Wildman–Crippen LogP) is -0.807. The molecule has 1 amide bonds. The van der Waals surface area contributed by atoms with Crippen LogP contribution < -0.4 is 11.1 Å². The summed E-state index contributed by atoms with van der Waals surface area (Å²) in [6.45, 7) is 6.21. The molecule has 7 nitrogen and oxygen atoms in total. The van der Waals surface area contributed by atoms with Gasteiger partial charge in [0.25, 0.3) is 0 Å². The van der Waals surface area contributed by atoms with Crippen molar-refractivity contribution >= 4 is 5.91 Å². The molecule has 0 aliphatic rings. The van der Waals surface area contributed by atoms with E-state index in [0.29, 0.717) is 24.8 Å². The van der Waals surface area contributed by atoms with Crippen molar-refractivity contribution in [3.63, 3.8) is 0 Å². The summed E-state index contributed by atoms with van der Waals surface area (Å²) in [6.07, 6.45) is 1.68. The molecule has 18 heavy (non-hydrogen) atoms. The summed E-state index contributed by atoms with van der Waals surface area (Å²) in [5.74, 6) is -0.0689. The van der Waals surface area contributed by atoms with Crippen LogP contribution in [0.25, 0.3) is 0 Å². The van der Waals surface area contributed by atoms with Crippen LogP contribution in [0.15, 0.2) is 6.20 Å². The van der Waals surface area contributed by atoms with E-state index in [1.54, 1.807) is 6.20 Å². The molecule has 0 aliphatic carbocycles. The standard InChI is InChI=1S/C11H22N6O/c1-9(2)16(3)5-4-13-11(18)8-17-7-10(6-12)14-15-17/h7,9H,4-6,8,12H2,1-3H3,(H,13,18). The fourth-order valence-corrected chi connectivity index (χ4v) is 1.34. The number of aromatic nitrogens is 3. The molecule has 102 valence electrons. The Bertz CT molecular complexity index is 375. The summed E-state index contributed by atoms with van der Waals surface area (Å²) in [6, 6.07) is 0.476. The summed E-state index contributed by atoms with van der Waals surface area (Å²) in [7, 11) is 2.03. The van der Waals surface area contributed by atoms with E-state index in [-0.39, 0.29) is 12.5 Å². The van der Waals surface area contributed by atoms with E-state index in [2.05, 4.69) is 34.4 Å². The molecule has 3 N–H and O–H groups in total. The van der Waals surface area contributed by atoms with E-state index in [1.807, 2.05) is 7.05 Å². The van der Waals surface area contributed by atoms with Crippen LogP contribution in [0.5, 0.6) is 0 Å². The first-order valence-corrected chi connectivity index (χ1v) is 6.09. The number of rotatable bonds is 7. The second-order valence-corrected chi connectivity index (χ2v) is 4.54. The number of likely N-dealkylation sites (N-methyl/N-ethyl adjacent to an activating group) is 1. The van der Waals surface area contributed by atoms with Gasteiger partial charge < -0.3 is 16.0 Å². The van der Waals surface area contributed by atoms with Crippen molar-refractivity contribution in [2.24, 2.45) is 5.73 Å². The quantitative estimate of drug-likeness (QED) is 0.664. The van der Waals surface area contributed by atoms with Gasteiger partial charge in [-0.2, -0.15) is 0 Å². The lowest BCUT2D eigenvalue weighted by atomic mass is 10.3. The summed E-state index contributed by atoms with van der Waals surface area (Å²) in [5, 5.41) is 10.5. The van der Waals surface area contributed by atoms with Gasteiger partial charge in [-0.25, -0.2) is 4.68 Å². The largest absolute Gasteiger partial charge is 0.353 e. The molecule has 0 unspecified atom stereocenters. The van der Waals surface area contributed by atoms with Crippen LogP contribution in [-0.2, 0) is 17.9 Å². The van der Waals surface area contributed by atoms with Crippen molar-refractivity contribution in [2.75, 3.05) is 20.1 Å². The minimum Gasteiger partial charge on any atom is -0.353 e. The topological polar surface area (TPSA) is 89.1 Å². The van der Waals surface area contributed by atoms with Crippen LogP contribution in [0, 0.1) is 0 Å². The molecular weight excluding hydrogens is 232 g/mol. The molecule has 0 saturated heterocycles. The molecule has 0 spiro atoms. The number of carbonyl (C=O) groups is 1. The van der Waals surface area contributed by atoms with Crippen LogP contribution >= 0.6 is 0 Å². The first kappa shape index (κ1) is 14.6. The fraction of sp³-hybridized carbons (Fsp3) is 0.727. The number of nitrogens with zero attached hydrogens (tertiary/aromatic N) is 4. The summed E-state index contributed by atoms with van der Waals surface area (Å²) >= 11 is 0. The first-order chi connectivity index (χ1) is 8.52. The maximum Gasteiger partial charge on any atom is 0.241 e. The molecule has 0 aliphatic heterocycles. The number of nitrogens with two attached hydrogens (primary N) is 1. The highest BCUT2D eigenvalue weighted by Crippen LogP contribution is 1.92. The van der Waals surface area contributed by atoms with Gasteiger partial charge in [-0.05, 0) is 20.9 Å². The number of amides is 1. The third kappa shape index (κ3) is 4.80. The average Bonchev–Trinajstić information content (AvgIpc) is 2.76. The third-order valence-corrected chi connectivity index (χ3v) is 2.77. The zero-order chi connectivity index (χ0) is 13.5. The molecule has 0 saturated carbocycles. The smallest absolute Gasteiger partial charge is 0.241 e. The lowest BCUT2D eigenvalue weighted by Gasteiger charge is -2.20. The van der Waals surface area contributed by atoms with Crippen LogP contribution in [0.4, 0.5) is 0 Å². The van der Waals surface area contributed by atoms with Gasteiger partial charge in [-0.15, -0.1) is 5.10 Å². The molecule has 0 bridgehead atoms. The van der Waals surface area contributed by atoms with E-state index in [0.717, 1.165) is 6.54 Å². The Morgan fingerprint density at radius 3 is 2.89 bits per heavy atom. The van der Waals surface area contributed by atoms with Crippen LogP contribution in [-0.4, -0.2) is 52.0 Å². The van der Waals surface area contributed by atoms with E-state index in [9.17, 15) is 4.79 Å². The summed E-state index contributed by atoms with van der Waals surface area (Å²) < 4.78 is 1.49. The maximum atomic E-state index is 11.6. The highest BCUT2D eigenvalue weighted by Gasteiger charge is 2.06. The molecule has 0 fully saturated rings. The number of nitrogens with one attached hydrogen (secondary N) is 1. The number of hydrogen-bond acceptors (Lipinski definition) is 5. The SMILES string of the molecule is CC(C)N(C)CCNC(=O)Cn1cc(CN)nn1. The Morgan fingerprint density at radius 2 is 2.33 bits per heavy atom. The lowest BCUT2D eigenvalue weighted by molar-refractivity contribution is -0.121. The molecule has 1 rings (SSSR count). The first-order valence-electron chi connectivity index (χ1n) is 6.09. The summed E-state index contributed by atoms with van der Waals surface area (Å²) in [4.78, 5) is 13.8. The van der Waals surface area contributed by atoms with Crippen molar-refractivity contribution < 1.29 is 4.79 Å². The minimum absolute atomic E-state index is 0.0689. The molecule has 7 heteroatoms. The van der Waals surface area contributed by atoms with Gasteiger partial charge in [0.15, 0.2) is 0 Å². The third-order valence-electron chi connectivity index (χ3n) is 2.77. The van der Waals surface area contributed by atoms with E-state index < -0.39 is 0 Å². The molecular formula is C11H22N6O. The van der Waals surface area contributed by atoms with Crippen LogP contribution in [0.3, 0.4) is 0 Å². The second-order valence-electron chi connectivity index (χ2n) is 4.54. The van der Waals surface area contributed by atoms with Crippen molar-refractivity contribution in [1.82, 2.24) is 25.2 Å². The fourth-order valence-electron chi connectivity index (χ4n) is 1.34. The highest BCUT2D eigenvalue weighted by molar-refractivity contribution is 5.75. The Morgan fingerprint density at radius 1 is 1.61 bits per heavy atom. The molecule has 0 radical (unpaired) electrons. The predicted molar refractivity (Wildman–Crippen MR) is 68.7 cm³/mol. The second kappa shape index (κ2) is 7.07. The Kier molecular flexibility index (Phi) is 5.73. The summed E-state index contributed by atoms with van der Waals surface area (Å²) in [5.41, 5.74) is 6.10. The Balaban J connectivity index is 2.25. The zero-order valence-corrected chi connectivity index (χ0v) is 11.3. The highest BCUT2D eigenvalue weighted by atomic mass is 16.2. The number of carbonyl (C=O) groups excluding carboxylic acids is 1. The molecule has 1 aromatic rings. The van der Waals surface area contributed by atoms with Gasteiger partial charge in [0.05, 0.1) is 11.9 Å².